The second kappa shape index (κ2) is 6.23. The number of aromatic carboxylic acids is 1. The van der Waals surface area contributed by atoms with Crippen molar-refractivity contribution in [3.63, 3.8) is 0 Å². The van der Waals surface area contributed by atoms with Gasteiger partial charge < -0.3 is 10.4 Å². The van der Waals surface area contributed by atoms with Crippen LogP contribution in [0.1, 0.15) is 49.3 Å². The Bertz CT molecular complexity index is 742. The number of carbonyl (C=O) groups excluding carboxylic acids is 1. The Hall–Kier alpha value is -2.28. The monoisotopic (exact) mass is 322 g/mol. The number of nitrogens with zero attached hydrogens (tertiary/aromatic N) is 1. The van der Waals surface area contributed by atoms with E-state index in [-0.39, 0.29) is 10.4 Å². The van der Waals surface area contributed by atoms with Crippen LogP contribution in [0.3, 0.4) is 0 Å². The van der Waals surface area contributed by atoms with E-state index in [1.165, 1.54) is 12.1 Å². The maximum absolute atomic E-state index is 13.7. The highest BCUT2D eigenvalue weighted by molar-refractivity contribution is 7.13. The number of halogens is 1. The molecule has 1 amide bonds. The Kier molecular flexibility index (Phi) is 4.56. The van der Waals surface area contributed by atoms with Crippen molar-refractivity contribution in [3.8, 4) is 0 Å². The Morgan fingerprint density at radius 1 is 1.36 bits per heavy atom. The molecule has 2 N–H and O–H groups in total. The first-order chi connectivity index (χ1) is 10.3. The minimum absolute atomic E-state index is 0.0430. The molecule has 116 valence electrons. The molecule has 0 aliphatic rings. The number of carboxylic acid groups (broad SMARTS) is 1. The number of aryl methyl sites for hydroxylation is 2. The molecule has 0 fully saturated rings. The van der Waals surface area contributed by atoms with Crippen molar-refractivity contribution in [2.75, 3.05) is 0 Å². The van der Waals surface area contributed by atoms with Crippen LogP contribution in [-0.4, -0.2) is 22.0 Å². The SMILES string of the molecule is Cc1ccc(F)c(C(=O)NC(C)c2nc(C)c(C(=O)O)s2)c1. The molecule has 0 saturated heterocycles. The molecule has 5 nitrogen and oxygen atoms in total. The van der Waals surface area contributed by atoms with Gasteiger partial charge in [0.25, 0.3) is 5.91 Å². The maximum Gasteiger partial charge on any atom is 0.347 e. The van der Waals surface area contributed by atoms with Gasteiger partial charge in [0.1, 0.15) is 15.7 Å². The van der Waals surface area contributed by atoms with Gasteiger partial charge in [0.15, 0.2) is 0 Å². The topological polar surface area (TPSA) is 79.3 Å². The Morgan fingerprint density at radius 2 is 2.05 bits per heavy atom. The summed E-state index contributed by atoms with van der Waals surface area (Å²) in [6, 6.07) is 3.78. The lowest BCUT2D eigenvalue weighted by Crippen LogP contribution is -2.27. The van der Waals surface area contributed by atoms with Crippen LogP contribution >= 0.6 is 11.3 Å². The highest BCUT2D eigenvalue weighted by atomic mass is 32.1. The van der Waals surface area contributed by atoms with Crippen molar-refractivity contribution in [1.29, 1.82) is 0 Å². The summed E-state index contributed by atoms with van der Waals surface area (Å²) in [6.45, 7) is 5.04. The molecule has 1 atom stereocenters. The molecule has 1 aromatic heterocycles. The number of carboxylic acids is 1. The number of hydrogen-bond donors (Lipinski definition) is 2. The zero-order valence-electron chi connectivity index (χ0n) is 12.3. The Balaban J connectivity index is 2.19. The first-order valence-electron chi connectivity index (χ1n) is 6.57. The van der Waals surface area contributed by atoms with E-state index < -0.39 is 23.7 Å². The number of nitrogens with one attached hydrogen (secondary N) is 1. The van der Waals surface area contributed by atoms with Gasteiger partial charge >= 0.3 is 5.97 Å². The van der Waals surface area contributed by atoms with E-state index in [9.17, 15) is 14.0 Å². The summed E-state index contributed by atoms with van der Waals surface area (Å²) in [5.74, 6) is -2.21. The van der Waals surface area contributed by atoms with Gasteiger partial charge in [-0.2, -0.15) is 0 Å². The van der Waals surface area contributed by atoms with E-state index in [1.54, 1.807) is 26.8 Å². The number of aromatic nitrogens is 1. The van der Waals surface area contributed by atoms with Gasteiger partial charge in [0.05, 0.1) is 17.3 Å². The highest BCUT2D eigenvalue weighted by Crippen LogP contribution is 2.24. The van der Waals surface area contributed by atoms with Crippen molar-refractivity contribution in [2.45, 2.75) is 26.8 Å². The van der Waals surface area contributed by atoms with E-state index in [0.717, 1.165) is 16.9 Å². The van der Waals surface area contributed by atoms with Crippen molar-refractivity contribution < 1.29 is 19.1 Å². The van der Waals surface area contributed by atoms with Crippen LogP contribution in [0.4, 0.5) is 4.39 Å². The summed E-state index contributed by atoms with van der Waals surface area (Å²) < 4.78 is 13.7. The second-order valence-electron chi connectivity index (χ2n) is 4.95. The molecule has 0 aliphatic heterocycles. The van der Waals surface area contributed by atoms with Gasteiger partial charge in [-0.25, -0.2) is 14.2 Å². The number of amides is 1. The lowest BCUT2D eigenvalue weighted by molar-refractivity contribution is 0.0700. The fourth-order valence-electron chi connectivity index (χ4n) is 1.95. The molecular weight excluding hydrogens is 307 g/mol. The number of rotatable bonds is 4. The molecule has 1 aromatic carbocycles. The maximum atomic E-state index is 13.7. The summed E-state index contributed by atoms with van der Waals surface area (Å²) in [4.78, 5) is 27.4. The van der Waals surface area contributed by atoms with Crippen LogP contribution in [-0.2, 0) is 0 Å². The van der Waals surface area contributed by atoms with Crippen molar-refractivity contribution in [2.24, 2.45) is 0 Å². The minimum Gasteiger partial charge on any atom is -0.477 e. The molecule has 2 aromatic rings. The van der Waals surface area contributed by atoms with Crippen LogP contribution in [0, 0.1) is 19.7 Å². The van der Waals surface area contributed by atoms with Crippen LogP contribution in [0.15, 0.2) is 18.2 Å². The molecule has 0 spiro atoms. The van der Waals surface area contributed by atoms with Gasteiger partial charge in [0, 0.05) is 0 Å². The van der Waals surface area contributed by atoms with Crippen LogP contribution in [0.5, 0.6) is 0 Å². The number of hydrogen-bond acceptors (Lipinski definition) is 4. The number of carbonyl (C=O) groups is 2. The quantitative estimate of drug-likeness (QED) is 0.906. The Morgan fingerprint density at radius 3 is 2.64 bits per heavy atom. The van der Waals surface area contributed by atoms with Gasteiger partial charge in [0.2, 0.25) is 0 Å². The third-order valence-corrected chi connectivity index (χ3v) is 4.42. The molecule has 0 radical (unpaired) electrons. The molecule has 22 heavy (non-hydrogen) atoms. The second-order valence-corrected chi connectivity index (χ2v) is 5.98. The number of benzene rings is 1. The lowest BCUT2D eigenvalue weighted by atomic mass is 10.1. The fourth-order valence-corrected chi connectivity index (χ4v) is 2.86. The average molecular weight is 322 g/mol. The summed E-state index contributed by atoms with van der Waals surface area (Å²) in [6.07, 6.45) is 0. The molecule has 0 saturated carbocycles. The van der Waals surface area contributed by atoms with E-state index >= 15 is 0 Å². The summed E-state index contributed by atoms with van der Waals surface area (Å²) in [5, 5.41) is 12.1. The van der Waals surface area contributed by atoms with Crippen molar-refractivity contribution >= 4 is 23.2 Å². The first-order valence-corrected chi connectivity index (χ1v) is 7.39. The fraction of sp³-hybridized carbons (Fsp3) is 0.267. The van der Waals surface area contributed by atoms with Crippen molar-refractivity contribution in [3.05, 3.63) is 50.7 Å². The summed E-state index contributed by atoms with van der Waals surface area (Å²) in [5.41, 5.74) is 1.13. The summed E-state index contributed by atoms with van der Waals surface area (Å²) in [7, 11) is 0. The van der Waals surface area contributed by atoms with E-state index in [4.69, 9.17) is 5.11 Å². The van der Waals surface area contributed by atoms with Gasteiger partial charge in [-0.05, 0) is 32.9 Å². The standard InChI is InChI=1S/C15H15FN2O3S/c1-7-4-5-11(16)10(6-7)13(19)17-9(3)14-18-8(2)12(22-14)15(20)21/h4-6,9H,1-3H3,(H,17,19)(H,20,21). The molecule has 1 heterocycles. The molecule has 7 heteroatoms. The molecule has 1 unspecified atom stereocenters. The zero-order chi connectivity index (χ0) is 16.4. The zero-order valence-corrected chi connectivity index (χ0v) is 13.1. The minimum atomic E-state index is -1.05. The van der Waals surface area contributed by atoms with Crippen LogP contribution < -0.4 is 5.32 Å². The Labute approximate surface area is 130 Å². The van der Waals surface area contributed by atoms with Gasteiger partial charge in [-0.15, -0.1) is 11.3 Å². The molecule has 0 aliphatic carbocycles. The summed E-state index contributed by atoms with van der Waals surface area (Å²) >= 11 is 1.00. The van der Waals surface area contributed by atoms with Crippen LogP contribution in [0.2, 0.25) is 0 Å². The van der Waals surface area contributed by atoms with E-state index in [2.05, 4.69) is 10.3 Å². The normalized spacial score (nSPS) is 12.0. The number of thiazole rings is 1. The van der Waals surface area contributed by atoms with Gasteiger partial charge in [-0.1, -0.05) is 11.6 Å². The van der Waals surface area contributed by atoms with Crippen LogP contribution in [0.25, 0.3) is 0 Å². The third kappa shape index (κ3) is 3.30. The average Bonchev–Trinajstić information content (AvgIpc) is 2.83. The van der Waals surface area contributed by atoms with E-state index in [0.29, 0.717) is 10.7 Å². The van der Waals surface area contributed by atoms with E-state index in [1.807, 2.05) is 0 Å². The highest BCUT2D eigenvalue weighted by Gasteiger charge is 2.20. The molecular formula is C15H15FN2O3S. The van der Waals surface area contributed by atoms with Crippen molar-refractivity contribution in [1.82, 2.24) is 10.3 Å². The molecule has 2 rings (SSSR count). The molecule has 0 bridgehead atoms. The smallest absolute Gasteiger partial charge is 0.347 e. The predicted octanol–water partition coefficient (Wildman–Crippen LogP) is 3.09. The predicted molar refractivity (Wildman–Crippen MR) is 80.8 cm³/mol. The van der Waals surface area contributed by atoms with Gasteiger partial charge in [-0.3, -0.25) is 4.79 Å². The first kappa shape index (κ1) is 16.1. The third-order valence-electron chi connectivity index (χ3n) is 3.09. The largest absolute Gasteiger partial charge is 0.477 e. The lowest BCUT2D eigenvalue weighted by Gasteiger charge is -2.12.